The molecule has 1 aromatic carbocycles. The minimum absolute atomic E-state index is 0.0791. The van der Waals surface area contributed by atoms with Crippen LogP contribution in [0.3, 0.4) is 0 Å². The summed E-state index contributed by atoms with van der Waals surface area (Å²) in [4.78, 5) is 30.5. The molecule has 1 amide bonds. The van der Waals surface area contributed by atoms with E-state index >= 15 is 0 Å². The molecule has 30 heavy (non-hydrogen) atoms. The first kappa shape index (κ1) is 24.0. The molecule has 166 valence electrons. The van der Waals surface area contributed by atoms with Crippen LogP contribution in [0, 0.1) is 5.92 Å². The second-order valence-electron chi connectivity index (χ2n) is 7.61. The van der Waals surface area contributed by atoms with E-state index < -0.39 is 6.09 Å². The van der Waals surface area contributed by atoms with Crippen molar-refractivity contribution in [1.29, 1.82) is 0 Å². The van der Waals surface area contributed by atoms with Gasteiger partial charge in [0.25, 0.3) is 0 Å². The Balaban J connectivity index is 1.72. The third-order valence-corrected chi connectivity index (χ3v) is 5.70. The predicted molar refractivity (Wildman–Crippen MR) is 119 cm³/mol. The van der Waals surface area contributed by atoms with E-state index in [1.54, 1.807) is 0 Å². The van der Waals surface area contributed by atoms with Gasteiger partial charge in [0.2, 0.25) is 0 Å². The molecule has 2 N–H and O–H groups in total. The fourth-order valence-corrected chi connectivity index (χ4v) is 3.73. The quantitative estimate of drug-likeness (QED) is 0.575. The summed E-state index contributed by atoms with van der Waals surface area (Å²) in [6, 6.07) is 9.17. The Morgan fingerprint density at radius 2 is 2.00 bits per heavy atom. The van der Waals surface area contributed by atoms with E-state index in [0.29, 0.717) is 25.0 Å². The molecule has 0 saturated carbocycles. The number of esters is 1. The molecule has 0 spiro atoms. The van der Waals surface area contributed by atoms with Gasteiger partial charge in [-0.05, 0) is 24.8 Å². The summed E-state index contributed by atoms with van der Waals surface area (Å²) < 4.78 is 10.2. The standard InChI is InChI=1S/C21H32N4O4S/c1-15(2)10-18(19(26)28-4)25-13-22-20(23-14-25)30-12-16(3)24-21(27)29-11-17-8-6-5-7-9-17/h5-9,15-16,18H,10-14H2,1-4H3,(H,22,23)(H,24,27)/t16-,18-/m0/s1. The van der Waals surface area contributed by atoms with Gasteiger partial charge in [0.05, 0.1) is 20.4 Å². The molecule has 9 heteroatoms. The van der Waals surface area contributed by atoms with Crippen molar-refractivity contribution in [1.82, 2.24) is 15.5 Å². The van der Waals surface area contributed by atoms with Crippen LogP contribution in [0.25, 0.3) is 0 Å². The Labute approximate surface area is 182 Å². The van der Waals surface area contributed by atoms with Gasteiger partial charge < -0.3 is 20.1 Å². The van der Waals surface area contributed by atoms with E-state index in [0.717, 1.165) is 17.2 Å². The summed E-state index contributed by atoms with van der Waals surface area (Å²) >= 11 is 1.53. The van der Waals surface area contributed by atoms with E-state index in [4.69, 9.17) is 9.47 Å². The first-order chi connectivity index (χ1) is 14.4. The van der Waals surface area contributed by atoms with Crippen LogP contribution in [0.5, 0.6) is 0 Å². The van der Waals surface area contributed by atoms with Crippen molar-refractivity contribution in [3.8, 4) is 0 Å². The Morgan fingerprint density at radius 3 is 2.60 bits per heavy atom. The van der Waals surface area contributed by atoms with Gasteiger partial charge in [0.15, 0.2) is 5.17 Å². The van der Waals surface area contributed by atoms with Crippen molar-refractivity contribution in [3.05, 3.63) is 35.9 Å². The molecular weight excluding hydrogens is 404 g/mol. The van der Waals surface area contributed by atoms with E-state index in [1.165, 1.54) is 18.9 Å². The second kappa shape index (κ2) is 12.4. The van der Waals surface area contributed by atoms with Crippen LogP contribution < -0.4 is 10.6 Å². The molecule has 0 saturated heterocycles. The van der Waals surface area contributed by atoms with Crippen molar-refractivity contribution in [2.24, 2.45) is 10.9 Å². The zero-order chi connectivity index (χ0) is 21.9. The molecule has 2 atom stereocenters. The van der Waals surface area contributed by atoms with Crippen LogP contribution in [0.4, 0.5) is 4.79 Å². The molecule has 1 aliphatic heterocycles. The lowest BCUT2D eigenvalue weighted by molar-refractivity contribution is -0.147. The van der Waals surface area contributed by atoms with Gasteiger partial charge in [-0.25, -0.2) is 9.79 Å². The lowest BCUT2D eigenvalue weighted by atomic mass is 10.0. The molecule has 0 unspecified atom stereocenters. The van der Waals surface area contributed by atoms with Crippen LogP contribution in [0.2, 0.25) is 0 Å². The van der Waals surface area contributed by atoms with Gasteiger partial charge in [-0.1, -0.05) is 55.9 Å². The van der Waals surface area contributed by atoms with Crippen molar-refractivity contribution < 1.29 is 19.1 Å². The van der Waals surface area contributed by atoms with Gasteiger partial charge in [0.1, 0.15) is 12.6 Å². The molecule has 0 aromatic heterocycles. The maximum Gasteiger partial charge on any atom is 0.407 e. The molecule has 1 heterocycles. The average Bonchev–Trinajstić information content (AvgIpc) is 2.75. The summed E-state index contributed by atoms with van der Waals surface area (Å²) in [5.41, 5.74) is 0.947. The van der Waals surface area contributed by atoms with E-state index in [1.807, 2.05) is 42.2 Å². The Morgan fingerprint density at radius 1 is 1.27 bits per heavy atom. The SMILES string of the molecule is COC(=O)[C@H](CC(C)C)N1CN=C(SC[C@H](C)NC(=O)OCc2ccccc2)NC1. The summed E-state index contributed by atoms with van der Waals surface area (Å²) in [5.74, 6) is 0.796. The zero-order valence-corrected chi connectivity index (χ0v) is 18.9. The zero-order valence-electron chi connectivity index (χ0n) is 18.1. The van der Waals surface area contributed by atoms with Gasteiger partial charge >= 0.3 is 12.1 Å². The summed E-state index contributed by atoms with van der Waals surface area (Å²) in [5, 5.41) is 6.87. The van der Waals surface area contributed by atoms with E-state index in [9.17, 15) is 9.59 Å². The van der Waals surface area contributed by atoms with Crippen LogP contribution in [-0.2, 0) is 20.9 Å². The van der Waals surface area contributed by atoms with Gasteiger partial charge in [-0.3, -0.25) is 9.69 Å². The van der Waals surface area contributed by atoms with Crippen LogP contribution in [-0.4, -0.2) is 60.4 Å². The smallest absolute Gasteiger partial charge is 0.407 e. The first-order valence-electron chi connectivity index (χ1n) is 10.1. The molecule has 0 bridgehead atoms. The van der Waals surface area contributed by atoms with E-state index in [-0.39, 0.29) is 24.7 Å². The third-order valence-electron chi connectivity index (χ3n) is 4.49. The van der Waals surface area contributed by atoms with Gasteiger partial charge in [-0.2, -0.15) is 0 Å². The third kappa shape index (κ3) is 8.23. The van der Waals surface area contributed by atoms with Crippen molar-refractivity contribution in [2.75, 3.05) is 26.2 Å². The lowest BCUT2D eigenvalue weighted by Gasteiger charge is -2.33. The molecule has 1 aromatic rings. The number of carbonyl (C=O) groups excluding carboxylic acids is 2. The molecule has 0 radical (unpaired) electrons. The maximum atomic E-state index is 12.1. The highest BCUT2D eigenvalue weighted by Gasteiger charge is 2.29. The summed E-state index contributed by atoms with van der Waals surface area (Å²) in [7, 11) is 1.41. The number of amidine groups is 1. The molecule has 0 fully saturated rings. The van der Waals surface area contributed by atoms with Crippen molar-refractivity contribution >= 4 is 29.0 Å². The molecular formula is C21H32N4O4S. The first-order valence-corrected chi connectivity index (χ1v) is 11.1. The minimum Gasteiger partial charge on any atom is -0.468 e. The van der Waals surface area contributed by atoms with Gasteiger partial charge in [-0.15, -0.1) is 0 Å². The number of thioether (sulfide) groups is 1. The van der Waals surface area contributed by atoms with Gasteiger partial charge in [0, 0.05) is 11.8 Å². The van der Waals surface area contributed by atoms with Crippen LogP contribution in [0.1, 0.15) is 32.8 Å². The highest BCUT2D eigenvalue weighted by molar-refractivity contribution is 8.13. The Bertz CT molecular complexity index is 714. The maximum absolute atomic E-state index is 12.1. The number of nitrogens with one attached hydrogen (secondary N) is 2. The number of hydrogen-bond acceptors (Lipinski definition) is 8. The number of rotatable bonds is 9. The molecule has 2 rings (SSSR count). The molecule has 8 nitrogen and oxygen atoms in total. The predicted octanol–water partition coefficient (Wildman–Crippen LogP) is 2.80. The van der Waals surface area contributed by atoms with Crippen molar-refractivity contribution in [3.63, 3.8) is 0 Å². The van der Waals surface area contributed by atoms with E-state index in [2.05, 4.69) is 29.5 Å². The number of nitrogens with zero attached hydrogens (tertiary/aromatic N) is 2. The summed E-state index contributed by atoms with van der Waals surface area (Å²) in [6.45, 7) is 7.28. The van der Waals surface area contributed by atoms with Crippen molar-refractivity contribution in [2.45, 2.75) is 45.9 Å². The van der Waals surface area contributed by atoms with Crippen LogP contribution in [0.15, 0.2) is 35.3 Å². The fourth-order valence-electron chi connectivity index (χ4n) is 2.92. The number of hydrogen-bond donors (Lipinski definition) is 2. The number of methoxy groups -OCH3 is 1. The average molecular weight is 437 g/mol. The van der Waals surface area contributed by atoms with Crippen LogP contribution >= 0.6 is 11.8 Å². The fraction of sp³-hybridized carbons (Fsp3) is 0.571. The highest BCUT2D eigenvalue weighted by Crippen LogP contribution is 2.16. The summed E-state index contributed by atoms with van der Waals surface area (Å²) in [6.07, 6.45) is 0.282. The molecule has 1 aliphatic rings. The Hall–Kier alpha value is -2.26. The lowest BCUT2D eigenvalue weighted by Crippen LogP contribution is -2.51. The topological polar surface area (TPSA) is 92.3 Å². The monoisotopic (exact) mass is 436 g/mol. The highest BCUT2D eigenvalue weighted by atomic mass is 32.2. The minimum atomic E-state index is -0.439. The number of alkyl carbamates (subject to hydrolysis) is 1. The number of ether oxygens (including phenoxy) is 2. The number of aliphatic imine (C=N–C) groups is 1. The number of amides is 1. The largest absolute Gasteiger partial charge is 0.468 e. The normalized spacial score (nSPS) is 16.2. The number of carbonyl (C=O) groups is 2. The Kier molecular flexibility index (Phi) is 9.96. The second-order valence-corrected chi connectivity index (χ2v) is 8.62. The molecule has 0 aliphatic carbocycles. The number of benzene rings is 1.